The molecule has 0 aromatic heterocycles. The number of nitrogens with two attached hydrogens (primary N) is 1. The fourth-order valence-electron chi connectivity index (χ4n) is 2.28. The molecular weight excluding hydrogens is 190 g/mol. The van der Waals surface area contributed by atoms with E-state index in [1.807, 2.05) is 0 Å². The molecule has 1 aliphatic rings. The molecule has 1 rings (SSSR count). The molecule has 1 saturated carbocycles. The number of oxime groups is 1. The van der Waals surface area contributed by atoms with Crippen LogP contribution in [-0.2, 0) is 0 Å². The van der Waals surface area contributed by atoms with E-state index in [1.165, 1.54) is 32.1 Å². The second-order valence-electron chi connectivity index (χ2n) is 4.48. The van der Waals surface area contributed by atoms with Crippen LogP contribution in [0.4, 0.5) is 0 Å². The molecule has 0 unspecified atom stereocenters. The van der Waals surface area contributed by atoms with Crippen molar-refractivity contribution in [3.05, 3.63) is 0 Å². The monoisotopic (exact) mass is 213 g/mol. The van der Waals surface area contributed by atoms with Crippen LogP contribution >= 0.6 is 0 Å². The minimum atomic E-state index is 0.304. The summed E-state index contributed by atoms with van der Waals surface area (Å²) >= 11 is 0. The minimum absolute atomic E-state index is 0.304. The summed E-state index contributed by atoms with van der Waals surface area (Å²) in [6.45, 7) is 3.04. The van der Waals surface area contributed by atoms with Gasteiger partial charge in [0.2, 0.25) is 0 Å². The van der Waals surface area contributed by atoms with Crippen molar-refractivity contribution in [2.75, 3.05) is 6.54 Å². The van der Waals surface area contributed by atoms with E-state index < -0.39 is 0 Å². The maximum atomic E-state index is 8.38. The first kappa shape index (κ1) is 12.3. The third-order valence-electron chi connectivity index (χ3n) is 3.33. The maximum absolute atomic E-state index is 8.38. The Bertz CT molecular complexity index is 200. The Morgan fingerprint density at radius 1 is 1.47 bits per heavy atom. The van der Waals surface area contributed by atoms with Crippen LogP contribution in [0.2, 0.25) is 0 Å². The highest BCUT2D eigenvalue weighted by Gasteiger charge is 2.19. The maximum Gasteiger partial charge on any atom is 0.140 e. The van der Waals surface area contributed by atoms with Gasteiger partial charge in [-0.1, -0.05) is 24.4 Å². The van der Waals surface area contributed by atoms with Gasteiger partial charge in [-0.15, -0.1) is 0 Å². The molecule has 4 heteroatoms. The first-order valence-corrected chi connectivity index (χ1v) is 5.94. The van der Waals surface area contributed by atoms with Gasteiger partial charge in [0.15, 0.2) is 0 Å². The summed E-state index contributed by atoms with van der Waals surface area (Å²) in [5, 5.41) is 14.8. The van der Waals surface area contributed by atoms with Gasteiger partial charge < -0.3 is 16.3 Å². The summed E-state index contributed by atoms with van der Waals surface area (Å²) in [5.41, 5.74) is 5.40. The Labute approximate surface area is 91.9 Å². The summed E-state index contributed by atoms with van der Waals surface area (Å²) in [4.78, 5) is 0. The largest absolute Gasteiger partial charge is 0.409 e. The van der Waals surface area contributed by atoms with E-state index in [1.54, 1.807) is 0 Å². The highest BCUT2D eigenvalue weighted by atomic mass is 16.4. The number of rotatable bonds is 5. The normalized spacial score (nSPS) is 21.5. The van der Waals surface area contributed by atoms with Gasteiger partial charge in [-0.2, -0.15) is 0 Å². The summed E-state index contributed by atoms with van der Waals surface area (Å²) in [5.74, 6) is 1.12. The van der Waals surface area contributed by atoms with Gasteiger partial charge >= 0.3 is 0 Å². The number of amidine groups is 1. The van der Waals surface area contributed by atoms with E-state index in [0.29, 0.717) is 18.3 Å². The van der Waals surface area contributed by atoms with Crippen molar-refractivity contribution in [2.45, 2.75) is 51.5 Å². The molecule has 0 heterocycles. The number of nitrogens with one attached hydrogen (secondary N) is 1. The molecule has 4 nitrogen and oxygen atoms in total. The van der Waals surface area contributed by atoms with Crippen LogP contribution < -0.4 is 11.1 Å². The van der Waals surface area contributed by atoms with Gasteiger partial charge in [-0.25, -0.2) is 0 Å². The smallest absolute Gasteiger partial charge is 0.140 e. The molecule has 0 aromatic carbocycles. The highest BCUT2D eigenvalue weighted by Crippen LogP contribution is 2.26. The van der Waals surface area contributed by atoms with Crippen LogP contribution in [0.3, 0.4) is 0 Å². The van der Waals surface area contributed by atoms with Crippen molar-refractivity contribution in [2.24, 2.45) is 16.8 Å². The van der Waals surface area contributed by atoms with Gasteiger partial charge in [0.25, 0.3) is 0 Å². The molecule has 0 aliphatic heterocycles. The zero-order valence-electron chi connectivity index (χ0n) is 9.58. The lowest BCUT2D eigenvalue weighted by molar-refractivity contribution is 0.282. The quantitative estimate of drug-likeness (QED) is 0.282. The summed E-state index contributed by atoms with van der Waals surface area (Å²) in [7, 11) is 0. The van der Waals surface area contributed by atoms with Crippen LogP contribution in [0, 0.1) is 5.92 Å². The Morgan fingerprint density at radius 2 is 2.13 bits per heavy atom. The molecule has 0 bridgehead atoms. The predicted octanol–water partition coefficient (Wildman–Crippen LogP) is 1.68. The molecule has 0 aromatic rings. The van der Waals surface area contributed by atoms with Crippen LogP contribution in [0.1, 0.15) is 45.4 Å². The van der Waals surface area contributed by atoms with Crippen molar-refractivity contribution in [3.8, 4) is 0 Å². The average molecular weight is 213 g/mol. The summed E-state index contributed by atoms with van der Waals surface area (Å²) in [6, 6.07) is 0.553. The fourth-order valence-corrected chi connectivity index (χ4v) is 2.28. The summed E-state index contributed by atoms with van der Waals surface area (Å²) < 4.78 is 0. The highest BCUT2D eigenvalue weighted by molar-refractivity contribution is 5.79. The zero-order chi connectivity index (χ0) is 11.1. The molecule has 88 valence electrons. The second-order valence-corrected chi connectivity index (χ2v) is 4.48. The topological polar surface area (TPSA) is 70.6 Å². The third kappa shape index (κ3) is 4.51. The molecule has 0 saturated heterocycles. The first-order valence-electron chi connectivity index (χ1n) is 5.94. The standard InChI is InChI=1S/C11H23N3O/c1-9(10-5-3-2-4-6-10)13-8-7-11(12)14-15/h9-10,13,15H,2-8H2,1H3,(H2,12,14)/t9-/m1/s1. The van der Waals surface area contributed by atoms with Crippen LogP contribution in [0.15, 0.2) is 5.16 Å². The van der Waals surface area contributed by atoms with Crippen molar-refractivity contribution in [1.29, 1.82) is 0 Å². The Kier molecular flexibility index (Phi) is 5.47. The van der Waals surface area contributed by atoms with E-state index in [4.69, 9.17) is 10.9 Å². The van der Waals surface area contributed by atoms with Crippen molar-refractivity contribution in [1.82, 2.24) is 5.32 Å². The van der Waals surface area contributed by atoms with E-state index in [2.05, 4.69) is 17.4 Å². The SMILES string of the molecule is C[C@@H](NCCC(N)=NO)C1CCCCC1. The van der Waals surface area contributed by atoms with Crippen molar-refractivity contribution in [3.63, 3.8) is 0 Å². The summed E-state index contributed by atoms with van der Waals surface area (Å²) in [6.07, 6.45) is 7.45. The van der Waals surface area contributed by atoms with Gasteiger partial charge in [0, 0.05) is 19.0 Å². The van der Waals surface area contributed by atoms with Gasteiger partial charge in [-0.3, -0.25) is 0 Å². The van der Waals surface area contributed by atoms with Gasteiger partial charge in [0.05, 0.1) is 0 Å². The second kappa shape index (κ2) is 6.67. The number of hydrogen-bond acceptors (Lipinski definition) is 3. The average Bonchev–Trinajstić information content (AvgIpc) is 2.29. The molecule has 0 spiro atoms. The van der Waals surface area contributed by atoms with Crippen molar-refractivity contribution < 1.29 is 5.21 Å². The molecule has 4 N–H and O–H groups in total. The molecule has 1 atom stereocenters. The molecule has 0 radical (unpaired) electrons. The van der Waals surface area contributed by atoms with Crippen molar-refractivity contribution >= 4 is 5.84 Å². The molecule has 0 amide bonds. The minimum Gasteiger partial charge on any atom is -0.409 e. The van der Waals surface area contributed by atoms with Crippen LogP contribution in [0.5, 0.6) is 0 Å². The molecule has 1 fully saturated rings. The van der Waals surface area contributed by atoms with E-state index in [-0.39, 0.29) is 0 Å². The fraction of sp³-hybridized carbons (Fsp3) is 0.909. The number of hydrogen-bond donors (Lipinski definition) is 3. The van der Waals surface area contributed by atoms with Crippen LogP contribution in [-0.4, -0.2) is 23.6 Å². The van der Waals surface area contributed by atoms with Gasteiger partial charge in [0.1, 0.15) is 5.84 Å². The van der Waals surface area contributed by atoms with E-state index >= 15 is 0 Å². The first-order chi connectivity index (χ1) is 7.24. The molecule has 1 aliphatic carbocycles. The van der Waals surface area contributed by atoms with E-state index in [9.17, 15) is 0 Å². The zero-order valence-corrected chi connectivity index (χ0v) is 9.58. The third-order valence-corrected chi connectivity index (χ3v) is 3.33. The Morgan fingerprint density at radius 3 is 2.73 bits per heavy atom. The Hall–Kier alpha value is -0.770. The lowest BCUT2D eigenvalue weighted by Crippen LogP contribution is -2.36. The van der Waals surface area contributed by atoms with E-state index in [0.717, 1.165) is 12.5 Å². The predicted molar refractivity (Wildman–Crippen MR) is 62.1 cm³/mol. The van der Waals surface area contributed by atoms with Gasteiger partial charge in [-0.05, 0) is 25.7 Å². The lowest BCUT2D eigenvalue weighted by atomic mass is 9.84. The Balaban J connectivity index is 2.14. The number of nitrogens with zero attached hydrogens (tertiary/aromatic N) is 1. The van der Waals surface area contributed by atoms with Crippen LogP contribution in [0.25, 0.3) is 0 Å². The molecule has 15 heavy (non-hydrogen) atoms. The molecular formula is C11H23N3O. The lowest BCUT2D eigenvalue weighted by Gasteiger charge is -2.28.